The van der Waals surface area contributed by atoms with Gasteiger partial charge in [0.15, 0.2) is 0 Å². The Morgan fingerprint density at radius 1 is 1.15 bits per heavy atom. The largest absolute Gasteiger partial charge is 0.215 e. The van der Waals surface area contributed by atoms with Crippen molar-refractivity contribution in [2.75, 3.05) is 18.8 Å². The zero-order valence-corrected chi connectivity index (χ0v) is 13.6. The minimum absolute atomic E-state index is 0.0307. The van der Waals surface area contributed by atoms with E-state index in [1.807, 2.05) is 0 Å². The van der Waals surface area contributed by atoms with Gasteiger partial charge in [0.05, 0.1) is 5.75 Å². The van der Waals surface area contributed by atoms with Crippen LogP contribution in [-0.2, 0) is 10.0 Å². The van der Waals surface area contributed by atoms with Crippen molar-refractivity contribution in [3.8, 4) is 0 Å². The standard InChI is InChI=1S/C16H27NO2S/c1-5-11-17(12-6-2)20(18,19)13-16-9-7-14(8-10-16)15(16,3)4/h5-6,14H,1-2,7-13H2,3-4H3. The topological polar surface area (TPSA) is 37.4 Å². The SMILES string of the molecule is C=CCN(CC=C)S(=O)(=O)CC12CCC(CC1)C2(C)C. The summed E-state index contributed by atoms with van der Waals surface area (Å²) in [4.78, 5) is 0. The van der Waals surface area contributed by atoms with Gasteiger partial charge in [-0.15, -0.1) is 13.2 Å². The molecule has 0 aromatic rings. The van der Waals surface area contributed by atoms with Crippen LogP contribution in [0.4, 0.5) is 0 Å². The van der Waals surface area contributed by atoms with Crippen molar-refractivity contribution in [2.45, 2.75) is 39.5 Å². The summed E-state index contributed by atoms with van der Waals surface area (Å²) in [5, 5.41) is 0. The van der Waals surface area contributed by atoms with Gasteiger partial charge in [-0.25, -0.2) is 8.42 Å². The van der Waals surface area contributed by atoms with E-state index in [0.717, 1.165) is 12.8 Å². The van der Waals surface area contributed by atoms with Gasteiger partial charge >= 0.3 is 0 Å². The van der Waals surface area contributed by atoms with E-state index in [4.69, 9.17) is 0 Å². The predicted molar refractivity (Wildman–Crippen MR) is 83.9 cm³/mol. The van der Waals surface area contributed by atoms with Crippen LogP contribution >= 0.6 is 0 Å². The van der Waals surface area contributed by atoms with E-state index in [1.165, 1.54) is 17.1 Å². The summed E-state index contributed by atoms with van der Waals surface area (Å²) < 4.78 is 27.0. The van der Waals surface area contributed by atoms with Crippen LogP contribution in [0.3, 0.4) is 0 Å². The highest BCUT2D eigenvalue weighted by atomic mass is 32.2. The second-order valence-electron chi connectivity index (χ2n) is 6.93. The van der Waals surface area contributed by atoms with Crippen LogP contribution in [0.2, 0.25) is 0 Å². The van der Waals surface area contributed by atoms with Crippen molar-refractivity contribution in [3.63, 3.8) is 0 Å². The molecule has 0 heterocycles. The normalized spacial score (nSPS) is 31.6. The average Bonchev–Trinajstić information content (AvgIpc) is 2.74. The van der Waals surface area contributed by atoms with Crippen LogP contribution in [-0.4, -0.2) is 31.6 Å². The minimum atomic E-state index is -3.25. The lowest BCUT2D eigenvalue weighted by Gasteiger charge is -2.39. The highest BCUT2D eigenvalue weighted by Gasteiger charge is 2.60. The van der Waals surface area contributed by atoms with E-state index < -0.39 is 10.0 Å². The molecule has 2 aliphatic rings. The molecule has 2 bridgehead atoms. The Morgan fingerprint density at radius 3 is 2.00 bits per heavy atom. The molecule has 0 unspecified atom stereocenters. The summed E-state index contributed by atoms with van der Waals surface area (Å²) in [6.07, 6.45) is 7.78. The summed E-state index contributed by atoms with van der Waals surface area (Å²) >= 11 is 0. The molecule has 3 nitrogen and oxygen atoms in total. The summed E-state index contributed by atoms with van der Waals surface area (Å²) in [5.74, 6) is 0.982. The van der Waals surface area contributed by atoms with Crippen molar-refractivity contribution in [2.24, 2.45) is 16.7 Å². The Balaban J connectivity index is 2.23. The van der Waals surface area contributed by atoms with E-state index in [9.17, 15) is 8.42 Å². The molecule has 2 rings (SSSR count). The average molecular weight is 297 g/mol. The van der Waals surface area contributed by atoms with Crippen molar-refractivity contribution in [1.29, 1.82) is 0 Å². The maximum atomic E-state index is 12.8. The first-order chi connectivity index (χ1) is 9.29. The Bertz CT molecular complexity index is 475. The van der Waals surface area contributed by atoms with E-state index >= 15 is 0 Å². The quantitative estimate of drug-likeness (QED) is 0.677. The zero-order valence-electron chi connectivity index (χ0n) is 12.8. The van der Waals surface area contributed by atoms with Crippen molar-refractivity contribution in [1.82, 2.24) is 4.31 Å². The van der Waals surface area contributed by atoms with Crippen molar-refractivity contribution < 1.29 is 8.42 Å². The zero-order chi connectivity index (χ0) is 15.0. The lowest BCUT2D eigenvalue weighted by Crippen LogP contribution is -2.43. The molecule has 2 saturated carbocycles. The Kier molecular flexibility index (Phi) is 4.18. The summed E-state index contributed by atoms with van der Waals surface area (Å²) in [7, 11) is -3.25. The van der Waals surface area contributed by atoms with Gasteiger partial charge in [-0.2, -0.15) is 4.31 Å². The Hall–Kier alpha value is -0.610. The van der Waals surface area contributed by atoms with Crippen molar-refractivity contribution in [3.05, 3.63) is 25.3 Å². The summed E-state index contributed by atoms with van der Waals surface area (Å²) in [5.41, 5.74) is 0.116. The third kappa shape index (κ3) is 2.37. The minimum Gasteiger partial charge on any atom is -0.212 e. The molecule has 4 heteroatoms. The number of sulfonamides is 1. The first-order valence-corrected chi connectivity index (χ1v) is 9.10. The molecule has 0 aromatic heterocycles. The third-order valence-corrected chi connectivity index (χ3v) is 7.85. The molecule has 0 aromatic carbocycles. The van der Waals surface area contributed by atoms with Gasteiger partial charge < -0.3 is 0 Å². The predicted octanol–water partition coefficient (Wildman–Crippen LogP) is 3.21. The smallest absolute Gasteiger partial charge is 0.212 e. The maximum absolute atomic E-state index is 12.8. The fraction of sp³-hybridized carbons (Fsp3) is 0.750. The van der Waals surface area contributed by atoms with Crippen LogP contribution in [0.25, 0.3) is 0 Å². The van der Waals surface area contributed by atoms with Crippen LogP contribution in [0.5, 0.6) is 0 Å². The molecule has 0 atom stereocenters. The molecular formula is C16H27NO2S. The lowest BCUT2D eigenvalue weighted by atomic mass is 9.71. The van der Waals surface area contributed by atoms with Gasteiger partial charge in [-0.05, 0) is 42.4 Å². The van der Waals surface area contributed by atoms with Crippen LogP contribution in [0.1, 0.15) is 39.5 Å². The second-order valence-corrected chi connectivity index (χ2v) is 8.90. The fourth-order valence-corrected chi connectivity index (χ4v) is 6.54. The first kappa shape index (κ1) is 15.8. The van der Waals surface area contributed by atoms with Crippen molar-refractivity contribution >= 4 is 10.0 Å². The van der Waals surface area contributed by atoms with E-state index in [2.05, 4.69) is 27.0 Å². The Labute approximate surface area is 123 Å². The summed E-state index contributed by atoms with van der Waals surface area (Å²) in [6, 6.07) is 0. The van der Waals surface area contributed by atoms with Gasteiger partial charge in [0.2, 0.25) is 10.0 Å². The van der Waals surface area contributed by atoms with Crippen LogP contribution in [0, 0.1) is 16.7 Å². The lowest BCUT2D eigenvalue weighted by molar-refractivity contribution is 0.153. The van der Waals surface area contributed by atoms with E-state index in [1.54, 1.807) is 12.2 Å². The number of fused-ring (bicyclic) bond motifs is 2. The highest BCUT2D eigenvalue weighted by molar-refractivity contribution is 7.89. The molecule has 0 radical (unpaired) electrons. The highest BCUT2D eigenvalue weighted by Crippen LogP contribution is 2.66. The van der Waals surface area contributed by atoms with Gasteiger partial charge in [0.25, 0.3) is 0 Å². The van der Waals surface area contributed by atoms with Gasteiger partial charge in [-0.3, -0.25) is 0 Å². The molecule has 114 valence electrons. The van der Waals surface area contributed by atoms with Gasteiger partial charge in [-0.1, -0.05) is 26.0 Å². The van der Waals surface area contributed by atoms with Gasteiger partial charge in [0.1, 0.15) is 0 Å². The van der Waals surface area contributed by atoms with E-state index in [-0.39, 0.29) is 16.6 Å². The first-order valence-electron chi connectivity index (χ1n) is 7.49. The monoisotopic (exact) mass is 297 g/mol. The molecular weight excluding hydrogens is 270 g/mol. The number of rotatable bonds is 7. The van der Waals surface area contributed by atoms with Gasteiger partial charge in [0, 0.05) is 13.1 Å². The number of nitrogens with zero attached hydrogens (tertiary/aromatic N) is 1. The van der Waals surface area contributed by atoms with E-state index in [0.29, 0.717) is 19.0 Å². The van der Waals surface area contributed by atoms with Crippen LogP contribution in [0.15, 0.2) is 25.3 Å². The Morgan fingerprint density at radius 2 is 1.65 bits per heavy atom. The molecule has 2 fully saturated rings. The molecule has 0 aliphatic heterocycles. The number of hydrogen-bond donors (Lipinski definition) is 0. The number of hydrogen-bond acceptors (Lipinski definition) is 2. The molecule has 0 amide bonds. The summed E-state index contributed by atoms with van der Waals surface area (Å²) in [6.45, 7) is 12.6. The molecule has 0 spiro atoms. The molecule has 20 heavy (non-hydrogen) atoms. The maximum Gasteiger partial charge on any atom is 0.215 e. The molecule has 0 saturated heterocycles. The molecule has 0 N–H and O–H groups in total. The molecule has 2 aliphatic carbocycles. The fourth-order valence-electron chi connectivity index (χ4n) is 4.33. The second kappa shape index (κ2) is 5.30. The third-order valence-electron chi connectivity index (χ3n) is 5.85. The van der Waals surface area contributed by atoms with Crippen LogP contribution < -0.4 is 0 Å².